The predicted octanol–water partition coefficient (Wildman–Crippen LogP) is 7.18. The Balaban J connectivity index is 1.22. The average Bonchev–Trinajstić information content (AvgIpc) is 3.72. The van der Waals surface area contributed by atoms with Crippen LogP contribution in [0.15, 0.2) is 11.6 Å². The number of carbonyl (C=O) groups excluding carboxylic acids is 1. The summed E-state index contributed by atoms with van der Waals surface area (Å²) in [4.78, 5) is 25.0. The molecule has 6 saturated heterocycles. The standard InChI is InChI=1S/C47H78O13/c1-25(19-26(2)41(49)27(3)20-29(5)43(50)51)36-23-37(55-40-16-14-35(53-12)34(10)54-40)33(9)46(56-36)18-17-44(11,60-46)39-15-13-30(6)47(58-39)32(8)22-38(57-47)42-28(4)21-31(7)45(52,24-48)59-42/h19,25,27-40,42,48,52H,13-18,20-24H2,1-12H3,(H,50,51)/t25-,27+,28-,29-,30+,31+,32-,33+,34+,35-,36-,37+,38+,39+,40-,42-,44-,45-,46+,47+/m0/s1. The topological polar surface area (TPSA) is 169 Å². The summed E-state index contributed by atoms with van der Waals surface area (Å²) in [7, 11) is 1.71. The highest BCUT2D eigenvalue weighted by Crippen LogP contribution is 2.57. The van der Waals surface area contributed by atoms with Crippen LogP contribution >= 0.6 is 0 Å². The maximum Gasteiger partial charge on any atom is 0.306 e. The highest BCUT2D eigenvalue weighted by molar-refractivity contribution is 5.96. The number of rotatable bonds is 13. The quantitative estimate of drug-likeness (QED) is 0.160. The van der Waals surface area contributed by atoms with Crippen molar-refractivity contribution in [2.45, 2.75) is 212 Å². The lowest BCUT2D eigenvalue weighted by molar-refractivity contribution is -0.382. The third-order valence-electron chi connectivity index (χ3n) is 15.9. The fourth-order valence-electron chi connectivity index (χ4n) is 11.7. The number of carbonyl (C=O) groups is 2. The number of Topliss-reactive ketones (excluding diaryl/α,β-unsaturated/α-hetero) is 1. The molecule has 344 valence electrons. The van der Waals surface area contributed by atoms with Crippen molar-refractivity contribution in [1.29, 1.82) is 0 Å². The van der Waals surface area contributed by atoms with Gasteiger partial charge in [0.1, 0.15) is 0 Å². The van der Waals surface area contributed by atoms with Crippen LogP contribution in [0.2, 0.25) is 0 Å². The highest BCUT2D eigenvalue weighted by atomic mass is 16.8. The van der Waals surface area contributed by atoms with E-state index in [4.69, 9.17) is 37.9 Å². The van der Waals surface area contributed by atoms with Gasteiger partial charge in [-0.25, -0.2) is 0 Å². The Bertz CT molecular complexity index is 1540. The Morgan fingerprint density at radius 2 is 1.57 bits per heavy atom. The molecule has 60 heavy (non-hydrogen) atoms. The Hall–Kier alpha value is -1.52. The third-order valence-corrected chi connectivity index (χ3v) is 15.9. The van der Waals surface area contributed by atoms with Gasteiger partial charge in [0.2, 0.25) is 0 Å². The smallest absolute Gasteiger partial charge is 0.306 e. The minimum Gasteiger partial charge on any atom is -0.481 e. The maximum absolute atomic E-state index is 13.5. The summed E-state index contributed by atoms with van der Waals surface area (Å²) in [5.74, 6) is -5.73. The van der Waals surface area contributed by atoms with Crippen molar-refractivity contribution >= 4 is 11.8 Å². The van der Waals surface area contributed by atoms with Crippen LogP contribution in [-0.4, -0.2) is 113 Å². The first-order valence-corrected chi connectivity index (χ1v) is 23.1. The Kier molecular flexibility index (Phi) is 14.8. The number of allylic oxidation sites excluding steroid dienone is 1. The van der Waals surface area contributed by atoms with E-state index in [0.29, 0.717) is 37.7 Å². The van der Waals surface area contributed by atoms with Gasteiger partial charge in [0, 0.05) is 61.9 Å². The molecule has 0 radical (unpaired) electrons. The second kappa shape index (κ2) is 18.5. The highest BCUT2D eigenvalue weighted by Gasteiger charge is 2.64. The molecule has 0 aromatic heterocycles. The molecule has 6 aliphatic rings. The zero-order valence-electron chi connectivity index (χ0n) is 38.5. The number of aliphatic hydroxyl groups excluding tert-OH is 1. The van der Waals surface area contributed by atoms with E-state index in [1.165, 1.54) is 0 Å². The van der Waals surface area contributed by atoms with Gasteiger partial charge in [-0.2, -0.15) is 0 Å². The molecule has 13 nitrogen and oxygen atoms in total. The number of carboxylic acid groups (broad SMARTS) is 1. The summed E-state index contributed by atoms with van der Waals surface area (Å²) in [6.45, 7) is 21.6. The molecule has 3 N–H and O–H groups in total. The van der Waals surface area contributed by atoms with Crippen LogP contribution in [0, 0.1) is 47.3 Å². The predicted molar refractivity (Wildman–Crippen MR) is 222 cm³/mol. The maximum atomic E-state index is 13.5. The largest absolute Gasteiger partial charge is 0.481 e. The van der Waals surface area contributed by atoms with Crippen LogP contribution in [0.25, 0.3) is 0 Å². The van der Waals surface area contributed by atoms with Crippen molar-refractivity contribution < 1.29 is 62.8 Å². The fraction of sp³-hybridized carbons (Fsp3) is 0.915. The summed E-state index contributed by atoms with van der Waals surface area (Å²) in [5.41, 5.74) is -0.116. The molecule has 6 aliphatic heterocycles. The number of aliphatic carboxylic acids is 1. The molecule has 0 aromatic rings. The van der Waals surface area contributed by atoms with Crippen LogP contribution in [-0.2, 0) is 47.5 Å². The Morgan fingerprint density at radius 1 is 0.850 bits per heavy atom. The summed E-state index contributed by atoms with van der Waals surface area (Å²) in [6.07, 6.45) is 6.69. The fourth-order valence-corrected chi connectivity index (χ4v) is 11.7. The average molecular weight is 851 g/mol. The van der Waals surface area contributed by atoms with Crippen LogP contribution < -0.4 is 0 Å². The monoisotopic (exact) mass is 851 g/mol. The van der Waals surface area contributed by atoms with E-state index in [0.717, 1.165) is 25.7 Å². The van der Waals surface area contributed by atoms with Crippen LogP contribution in [0.3, 0.4) is 0 Å². The number of ether oxygens (including phenoxy) is 8. The molecular formula is C47H78O13. The Morgan fingerprint density at radius 3 is 2.22 bits per heavy atom. The van der Waals surface area contributed by atoms with E-state index in [1.54, 1.807) is 21.0 Å². The van der Waals surface area contributed by atoms with Gasteiger partial charge >= 0.3 is 5.97 Å². The molecule has 6 fully saturated rings. The summed E-state index contributed by atoms with van der Waals surface area (Å²) in [6, 6.07) is 0. The van der Waals surface area contributed by atoms with E-state index in [1.807, 2.05) is 26.8 Å². The minimum atomic E-state index is -1.61. The van der Waals surface area contributed by atoms with Gasteiger partial charge in [0.05, 0.1) is 60.9 Å². The molecule has 0 amide bonds. The summed E-state index contributed by atoms with van der Waals surface area (Å²) in [5, 5.41) is 30.7. The molecule has 0 bridgehead atoms. The van der Waals surface area contributed by atoms with Crippen molar-refractivity contribution in [3.8, 4) is 0 Å². The second-order valence-electron chi connectivity index (χ2n) is 20.5. The molecule has 6 rings (SSSR count). The van der Waals surface area contributed by atoms with Crippen LogP contribution in [0.4, 0.5) is 0 Å². The molecule has 0 saturated carbocycles. The van der Waals surface area contributed by atoms with E-state index in [9.17, 15) is 24.9 Å². The van der Waals surface area contributed by atoms with Crippen molar-refractivity contribution in [2.75, 3.05) is 13.7 Å². The van der Waals surface area contributed by atoms with Gasteiger partial charge in [0.25, 0.3) is 0 Å². The third kappa shape index (κ3) is 9.33. The number of hydrogen-bond donors (Lipinski definition) is 3. The number of ketones is 1. The van der Waals surface area contributed by atoms with Gasteiger partial charge in [-0.15, -0.1) is 0 Å². The Labute approximate surface area is 358 Å². The van der Waals surface area contributed by atoms with Crippen molar-refractivity contribution in [1.82, 2.24) is 0 Å². The molecule has 0 aliphatic carbocycles. The van der Waals surface area contributed by atoms with E-state index >= 15 is 0 Å². The normalized spacial score (nSPS) is 48.0. The molecule has 6 heterocycles. The minimum absolute atomic E-state index is 0.0101. The molecule has 2 spiro atoms. The first-order chi connectivity index (χ1) is 28.1. The lowest BCUT2D eigenvalue weighted by Gasteiger charge is -2.52. The zero-order valence-corrected chi connectivity index (χ0v) is 38.5. The molecular weight excluding hydrogens is 773 g/mol. The van der Waals surface area contributed by atoms with Gasteiger partial charge in [-0.05, 0) is 77.2 Å². The number of carboxylic acids is 1. The van der Waals surface area contributed by atoms with Gasteiger partial charge < -0.3 is 53.2 Å². The van der Waals surface area contributed by atoms with Crippen LogP contribution in [0.1, 0.15) is 140 Å². The molecule has 20 atom stereocenters. The van der Waals surface area contributed by atoms with Gasteiger partial charge in [0.15, 0.2) is 29.4 Å². The van der Waals surface area contributed by atoms with Crippen molar-refractivity contribution in [3.63, 3.8) is 0 Å². The number of methoxy groups -OCH3 is 1. The SMILES string of the molecule is CO[C@H]1CC[C@H](O[C@@H]2C[C@@H]([C@@H](C)C=C(C)C(=O)[C@H](C)C[C@H](C)C(=O)O)O[C@@]3(CC[C@@](C)([C@H]4CC[C@@H](C)[C@@]5(O[C@@H]([C@H]6O[C@@](O)(CO)[C@H](C)C[C@@H]6C)C[C@@H]5C)O4)O3)[C@@H]2C)O[C@@H]1C. The number of hydrogen-bond acceptors (Lipinski definition) is 12. The lowest BCUT2D eigenvalue weighted by Crippen LogP contribution is -2.60. The first kappa shape index (κ1) is 47.9. The van der Waals surface area contributed by atoms with Crippen molar-refractivity contribution in [3.05, 3.63) is 11.6 Å². The molecule has 0 aromatic carbocycles. The van der Waals surface area contributed by atoms with Gasteiger partial charge in [-0.1, -0.05) is 61.5 Å². The van der Waals surface area contributed by atoms with Gasteiger partial charge in [-0.3, -0.25) is 9.59 Å². The summed E-state index contributed by atoms with van der Waals surface area (Å²) < 4.78 is 54.0. The van der Waals surface area contributed by atoms with E-state index in [2.05, 4.69) is 41.5 Å². The second-order valence-corrected chi connectivity index (χ2v) is 20.5. The zero-order chi connectivity index (χ0) is 44.1. The van der Waals surface area contributed by atoms with Crippen molar-refractivity contribution in [2.24, 2.45) is 47.3 Å². The first-order valence-electron chi connectivity index (χ1n) is 23.1. The van der Waals surface area contributed by atoms with E-state index in [-0.39, 0.29) is 90.4 Å². The summed E-state index contributed by atoms with van der Waals surface area (Å²) >= 11 is 0. The molecule has 0 unspecified atom stereocenters. The molecule has 13 heteroatoms. The number of aliphatic hydroxyl groups is 2. The van der Waals surface area contributed by atoms with Crippen LogP contribution in [0.5, 0.6) is 0 Å². The lowest BCUT2D eigenvalue weighted by atomic mass is 9.78. The van der Waals surface area contributed by atoms with E-state index < -0.39 is 53.7 Å².